The molecule has 1 amide bonds. The number of carbonyl (C=O) groups is 1. The van der Waals surface area contributed by atoms with Crippen molar-refractivity contribution in [3.8, 4) is 0 Å². The van der Waals surface area contributed by atoms with E-state index in [2.05, 4.69) is 21.2 Å². The lowest BCUT2D eigenvalue weighted by Gasteiger charge is -2.22. The summed E-state index contributed by atoms with van der Waals surface area (Å²) in [5.41, 5.74) is 2.38. The van der Waals surface area contributed by atoms with Crippen molar-refractivity contribution in [2.45, 2.75) is 39.2 Å². The third kappa shape index (κ3) is 2.59. The van der Waals surface area contributed by atoms with Gasteiger partial charge in [-0.25, -0.2) is 0 Å². The molecule has 1 fully saturated rings. The van der Waals surface area contributed by atoms with Gasteiger partial charge >= 0.3 is 0 Å². The summed E-state index contributed by atoms with van der Waals surface area (Å²) in [6.45, 7) is 6.55. The fourth-order valence-electron chi connectivity index (χ4n) is 2.24. The van der Waals surface area contributed by atoms with Crippen molar-refractivity contribution in [3.63, 3.8) is 0 Å². The molecule has 0 spiro atoms. The van der Waals surface area contributed by atoms with Gasteiger partial charge < -0.3 is 10.1 Å². The Morgan fingerprint density at radius 2 is 2.00 bits per heavy atom. The van der Waals surface area contributed by atoms with Crippen LogP contribution in [0, 0.1) is 13.8 Å². The third-order valence-electron chi connectivity index (χ3n) is 3.39. The molecule has 18 heavy (non-hydrogen) atoms. The molecule has 2 rings (SSSR count). The molecule has 1 N–H and O–H groups in total. The van der Waals surface area contributed by atoms with Crippen molar-refractivity contribution in [3.05, 3.63) is 27.7 Å². The molecule has 1 aliphatic heterocycles. The fourth-order valence-corrected chi connectivity index (χ4v) is 2.47. The van der Waals surface area contributed by atoms with Crippen LogP contribution in [0.3, 0.4) is 0 Å². The van der Waals surface area contributed by atoms with Gasteiger partial charge in [-0.1, -0.05) is 15.9 Å². The molecule has 4 heteroatoms. The van der Waals surface area contributed by atoms with Gasteiger partial charge in [0.15, 0.2) is 0 Å². The molecular weight excluding hydrogens is 294 g/mol. The normalized spacial score (nSPS) is 23.1. The standard InChI is InChI=1S/C14H18BrNO2/c1-9-7-11(8-10(2)12(9)15)16-13(17)14(3)5-4-6-18-14/h7-8H,4-6H2,1-3H3,(H,16,17). The average molecular weight is 312 g/mol. The zero-order valence-corrected chi connectivity index (χ0v) is 12.6. The lowest BCUT2D eigenvalue weighted by atomic mass is 10.0. The Labute approximate surface area is 116 Å². The van der Waals surface area contributed by atoms with Gasteiger partial charge in [0.2, 0.25) is 0 Å². The SMILES string of the molecule is Cc1cc(NC(=O)C2(C)CCCO2)cc(C)c1Br. The Hall–Kier alpha value is -0.870. The number of nitrogens with one attached hydrogen (secondary N) is 1. The maximum Gasteiger partial charge on any atom is 0.256 e. The molecule has 98 valence electrons. The van der Waals surface area contributed by atoms with E-state index in [1.807, 2.05) is 32.9 Å². The smallest absolute Gasteiger partial charge is 0.256 e. The Bertz CT molecular complexity index is 456. The fraction of sp³-hybridized carbons (Fsp3) is 0.500. The number of halogens is 1. The largest absolute Gasteiger partial charge is 0.365 e. The van der Waals surface area contributed by atoms with Gasteiger partial charge in [-0.15, -0.1) is 0 Å². The number of hydrogen-bond donors (Lipinski definition) is 1. The molecule has 1 heterocycles. The zero-order chi connectivity index (χ0) is 13.3. The molecule has 1 saturated heterocycles. The van der Waals surface area contributed by atoms with Crippen LogP contribution in [-0.4, -0.2) is 18.1 Å². The molecular formula is C14H18BrNO2. The van der Waals surface area contributed by atoms with E-state index in [1.54, 1.807) is 0 Å². The van der Waals surface area contributed by atoms with Crippen LogP contribution >= 0.6 is 15.9 Å². The van der Waals surface area contributed by atoms with Gasteiger partial charge in [0, 0.05) is 16.8 Å². The van der Waals surface area contributed by atoms with Crippen LogP contribution in [-0.2, 0) is 9.53 Å². The van der Waals surface area contributed by atoms with Gasteiger partial charge in [-0.05, 0) is 56.9 Å². The van der Waals surface area contributed by atoms with E-state index in [0.717, 1.165) is 34.1 Å². The second-order valence-electron chi connectivity index (χ2n) is 5.06. The maximum absolute atomic E-state index is 12.2. The summed E-state index contributed by atoms with van der Waals surface area (Å²) >= 11 is 3.52. The highest BCUT2D eigenvalue weighted by molar-refractivity contribution is 9.10. The van der Waals surface area contributed by atoms with Gasteiger partial charge in [-0.2, -0.15) is 0 Å². The number of aryl methyl sites for hydroxylation is 2. The maximum atomic E-state index is 12.2. The van der Waals surface area contributed by atoms with E-state index < -0.39 is 5.60 Å². The van der Waals surface area contributed by atoms with Gasteiger partial charge in [0.1, 0.15) is 5.60 Å². The molecule has 0 saturated carbocycles. The van der Waals surface area contributed by atoms with Crippen LogP contribution in [0.25, 0.3) is 0 Å². The highest BCUT2D eigenvalue weighted by Gasteiger charge is 2.37. The van der Waals surface area contributed by atoms with Gasteiger partial charge in [-0.3, -0.25) is 4.79 Å². The molecule has 0 radical (unpaired) electrons. The van der Waals surface area contributed by atoms with Crippen molar-refractivity contribution in [2.24, 2.45) is 0 Å². The monoisotopic (exact) mass is 311 g/mol. The Balaban J connectivity index is 2.17. The number of ether oxygens (including phenoxy) is 1. The number of amides is 1. The average Bonchev–Trinajstić information content (AvgIpc) is 2.74. The van der Waals surface area contributed by atoms with E-state index in [-0.39, 0.29) is 5.91 Å². The molecule has 1 aromatic carbocycles. The third-order valence-corrected chi connectivity index (χ3v) is 4.64. The molecule has 0 bridgehead atoms. The minimum atomic E-state index is -0.672. The summed E-state index contributed by atoms with van der Waals surface area (Å²) in [6, 6.07) is 3.93. The quantitative estimate of drug-likeness (QED) is 0.906. The molecule has 1 atom stereocenters. The number of rotatable bonds is 2. The van der Waals surface area contributed by atoms with E-state index in [1.165, 1.54) is 0 Å². The molecule has 1 aliphatic rings. The second-order valence-corrected chi connectivity index (χ2v) is 5.85. The minimum absolute atomic E-state index is 0.0545. The van der Waals surface area contributed by atoms with Crippen LogP contribution < -0.4 is 5.32 Å². The van der Waals surface area contributed by atoms with Crippen molar-refractivity contribution in [1.29, 1.82) is 0 Å². The topological polar surface area (TPSA) is 38.3 Å². The van der Waals surface area contributed by atoms with Gasteiger partial charge in [0.05, 0.1) is 0 Å². The van der Waals surface area contributed by atoms with Crippen molar-refractivity contribution in [1.82, 2.24) is 0 Å². The Kier molecular flexibility index (Phi) is 3.78. The highest BCUT2D eigenvalue weighted by Crippen LogP contribution is 2.29. The summed E-state index contributed by atoms with van der Waals surface area (Å²) in [5, 5.41) is 2.95. The van der Waals surface area contributed by atoms with Crippen molar-refractivity contribution < 1.29 is 9.53 Å². The van der Waals surface area contributed by atoms with Crippen molar-refractivity contribution >= 4 is 27.5 Å². The van der Waals surface area contributed by atoms with Gasteiger partial charge in [0.25, 0.3) is 5.91 Å². The first-order valence-electron chi connectivity index (χ1n) is 6.14. The van der Waals surface area contributed by atoms with E-state index in [4.69, 9.17) is 4.74 Å². The van der Waals surface area contributed by atoms with Crippen LogP contribution in [0.15, 0.2) is 16.6 Å². The van der Waals surface area contributed by atoms with Crippen LogP contribution in [0.1, 0.15) is 30.9 Å². The Morgan fingerprint density at radius 1 is 1.39 bits per heavy atom. The van der Waals surface area contributed by atoms with E-state index >= 15 is 0 Å². The number of hydrogen-bond acceptors (Lipinski definition) is 2. The van der Waals surface area contributed by atoms with Crippen molar-refractivity contribution in [2.75, 3.05) is 11.9 Å². The lowest BCUT2D eigenvalue weighted by molar-refractivity contribution is -0.133. The zero-order valence-electron chi connectivity index (χ0n) is 11.0. The van der Waals surface area contributed by atoms with E-state index in [9.17, 15) is 4.79 Å². The predicted octanol–water partition coefficient (Wildman–Crippen LogP) is 3.57. The summed E-state index contributed by atoms with van der Waals surface area (Å²) in [5.74, 6) is -0.0545. The molecule has 3 nitrogen and oxygen atoms in total. The Morgan fingerprint density at radius 3 is 2.50 bits per heavy atom. The molecule has 0 aromatic heterocycles. The summed E-state index contributed by atoms with van der Waals surface area (Å²) < 4.78 is 6.62. The predicted molar refractivity (Wildman–Crippen MR) is 75.8 cm³/mol. The van der Waals surface area contributed by atoms with Crippen LogP contribution in [0.4, 0.5) is 5.69 Å². The first kappa shape index (κ1) is 13.6. The highest BCUT2D eigenvalue weighted by atomic mass is 79.9. The lowest BCUT2D eigenvalue weighted by Crippen LogP contribution is -2.39. The minimum Gasteiger partial charge on any atom is -0.365 e. The summed E-state index contributed by atoms with van der Waals surface area (Å²) in [4.78, 5) is 12.2. The molecule has 1 unspecified atom stereocenters. The molecule has 0 aliphatic carbocycles. The summed E-state index contributed by atoms with van der Waals surface area (Å²) in [7, 11) is 0. The first-order valence-corrected chi connectivity index (χ1v) is 6.94. The number of anilines is 1. The number of carbonyl (C=O) groups excluding carboxylic acids is 1. The first-order chi connectivity index (χ1) is 8.42. The molecule has 1 aromatic rings. The van der Waals surface area contributed by atoms with Crippen LogP contribution in [0.2, 0.25) is 0 Å². The van der Waals surface area contributed by atoms with Crippen LogP contribution in [0.5, 0.6) is 0 Å². The summed E-state index contributed by atoms with van der Waals surface area (Å²) in [6.07, 6.45) is 1.73. The van der Waals surface area contributed by atoms with E-state index in [0.29, 0.717) is 6.61 Å². The second kappa shape index (κ2) is 5.02. The number of benzene rings is 1.